The molecule has 0 aromatic heterocycles. The van der Waals surface area contributed by atoms with Crippen molar-refractivity contribution in [2.75, 3.05) is 6.61 Å². The fourth-order valence-electron chi connectivity index (χ4n) is 1.87. The molecule has 0 atom stereocenters. The van der Waals surface area contributed by atoms with Crippen LogP contribution in [-0.4, -0.2) is 17.9 Å². The van der Waals surface area contributed by atoms with Gasteiger partial charge in [-0.1, -0.05) is 12.1 Å². The summed E-state index contributed by atoms with van der Waals surface area (Å²) in [6, 6.07) is 11.4. The molecule has 0 unspecified atom stereocenters. The molecular formula is C17H19NO2. The van der Waals surface area contributed by atoms with Crippen molar-refractivity contribution in [2.45, 2.75) is 20.8 Å². The van der Waals surface area contributed by atoms with E-state index >= 15 is 0 Å². The van der Waals surface area contributed by atoms with Crippen LogP contribution in [0.3, 0.4) is 0 Å². The lowest BCUT2D eigenvalue weighted by Crippen LogP contribution is -1.93. The number of rotatable bonds is 4. The first-order valence-corrected chi connectivity index (χ1v) is 6.68. The summed E-state index contributed by atoms with van der Waals surface area (Å²) < 4.78 is 5.35. The van der Waals surface area contributed by atoms with Gasteiger partial charge in [0.1, 0.15) is 0 Å². The van der Waals surface area contributed by atoms with Gasteiger partial charge in [-0.05, 0) is 56.2 Å². The lowest BCUT2D eigenvalue weighted by Gasteiger charge is -2.07. The molecule has 0 spiro atoms. The Labute approximate surface area is 119 Å². The van der Waals surface area contributed by atoms with E-state index in [1.165, 1.54) is 11.1 Å². The third-order valence-electron chi connectivity index (χ3n) is 3.17. The van der Waals surface area contributed by atoms with Crippen LogP contribution in [-0.2, 0) is 0 Å². The Morgan fingerprint density at radius 1 is 1.15 bits per heavy atom. The number of para-hydroxylation sites is 1. The van der Waals surface area contributed by atoms with E-state index in [0.29, 0.717) is 17.9 Å². The number of phenols is 1. The van der Waals surface area contributed by atoms with Gasteiger partial charge in [-0.25, -0.2) is 0 Å². The van der Waals surface area contributed by atoms with Crippen molar-refractivity contribution < 1.29 is 9.84 Å². The molecule has 20 heavy (non-hydrogen) atoms. The average Bonchev–Trinajstić information content (AvgIpc) is 2.44. The molecule has 0 fully saturated rings. The van der Waals surface area contributed by atoms with Crippen LogP contribution in [0.2, 0.25) is 0 Å². The molecule has 3 heteroatoms. The normalized spacial score (nSPS) is 10.9. The SMILES string of the molecule is CCOc1cccc(C=Nc2ccc(C)c(C)c2)c1O. The molecule has 2 aromatic rings. The zero-order valence-electron chi connectivity index (χ0n) is 12.1. The van der Waals surface area contributed by atoms with Crippen LogP contribution < -0.4 is 4.74 Å². The van der Waals surface area contributed by atoms with E-state index in [9.17, 15) is 5.11 Å². The summed E-state index contributed by atoms with van der Waals surface area (Å²) >= 11 is 0. The summed E-state index contributed by atoms with van der Waals surface area (Å²) in [6.45, 7) is 6.53. The van der Waals surface area contributed by atoms with Crippen molar-refractivity contribution in [3.05, 3.63) is 53.1 Å². The fraction of sp³-hybridized carbons (Fsp3) is 0.235. The van der Waals surface area contributed by atoms with Gasteiger partial charge in [0.05, 0.1) is 12.3 Å². The van der Waals surface area contributed by atoms with Crippen LogP contribution in [0.1, 0.15) is 23.6 Å². The first-order valence-electron chi connectivity index (χ1n) is 6.68. The standard InChI is InChI=1S/C17H19NO2/c1-4-20-16-7-5-6-14(17(16)19)11-18-15-9-8-12(2)13(3)10-15/h5-11,19H,4H2,1-3H3. The zero-order valence-corrected chi connectivity index (χ0v) is 12.1. The number of benzene rings is 2. The first kappa shape index (κ1) is 14.1. The predicted molar refractivity (Wildman–Crippen MR) is 82.4 cm³/mol. The van der Waals surface area contributed by atoms with E-state index < -0.39 is 0 Å². The Morgan fingerprint density at radius 3 is 2.65 bits per heavy atom. The van der Waals surface area contributed by atoms with E-state index in [0.717, 1.165) is 5.69 Å². The second kappa shape index (κ2) is 6.24. The maximum absolute atomic E-state index is 10.1. The third kappa shape index (κ3) is 3.18. The van der Waals surface area contributed by atoms with Gasteiger partial charge in [-0.3, -0.25) is 4.99 Å². The molecular weight excluding hydrogens is 250 g/mol. The summed E-state index contributed by atoms with van der Waals surface area (Å²) in [6.07, 6.45) is 1.65. The Kier molecular flexibility index (Phi) is 4.41. The van der Waals surface area contributed by atoms with Crippen LogP contribution in [0.25, 0.3) is 0 Å². The van der Waals surface area contributed by atoms with Gasteiger partial charge in [-0.2, -0.15) is 0 Å². The molecule has 104 valence electrons. The molecule has 0 aliphatic rings. The van der Waals surface area contributed by atoms with Crippen LogP contribution in [0.4, 0.5) is 5.69 Å². The highest BCUT2D eigenvalue weighted by Gasteiger charge is 2.05. The van der Waals surface area contributed by atoms with E-state index in [1.807, 2.05) is 37.3 Å². The average molecular weight is 269 g/mol. The molecule has 0 aliphatic carbocycles. The highest BCUT2D eigenvalue weighted by molar-refractivity contribution is 5.86. The van der Waals surface area contributed by atoms with E-state index in [4.69, 9.17) is 4.74 Å². The largest absolute Gasteiger partial charge is 0.504 e. The maximum Gasteiger partial charge on any atom is 0.166 e. The quantitative estimate of drug-likeness (QED) is 0.847. The van der Waals surface area contributed by atoms with Crippen LogP contribution >= 0.6 is 0 Å². The third-order valence-corrected chi connectivity index (χ3v) is 3.17. The van der Waals surface area contributed by atoms with Crippen molar-refractivity contribution in [3.63, 3.8) is 0 Å². The number of phenolic OH excluding ortho intramolecular Hbond substituents is 1. The summed E-state index contributed by atoms with van der Waals surface area (Å²) in [7, 11) is 0. The van der Waals surface area contributed by atoms with Gasteiger partial charge in [-0.15, -0.1) is 0 Å². The zero-order chi connectivity index (χ0) is 14.5. The topological polar surface area (TPSA) is 41.8 Å². The molecule has 0 amide bonds. The summed E-state index contributed by atoms with van der Waals surface area (Å²) in [4.78, 5) is 4.40. The van der Waals surface area contributed by atoms with Crippen LogP contribution in [0.5, 0.6) is 11.5 Å². The minimum atomic E-state index is 0.127. The monoisotopic (exact) mass is 269 g/mol. The van der Waals surface area contributed by atoms with Gasteiger partial charge in [0.25, 0.3) is 0 Å². The highest BCUT2D eigenvalue weighted by Crippen LogP contribution is 2.29. The Morgan fingerprint density at radius 2 is 1.95 bits per heavy atom. The molecule has 1 N–H and O–H groups in total. The molecule has 3 nitrogen and oxygen atoms in total. The number of nitrogens with zero attached hydrogens (tertiary/aromatic N) is 1. The minimum Gasteiger partial charge on any atom is -0.504 e. The number of aromatic hydroxyl groups is 1. The molecule has 0 saturated heterocycles. The van der Waals surface area contributed by atoms with Gasteiger partial charge in [0, 0.05) is 11.8 Å². The molecule has 0 radical (unpaired) electrons. The Bertz CT molecular complexity index is 633. The van der Waals surface area contributed by atoms with E-state index in [-0.39, 0.29) is 5.75 Å². The molecule has 2 rings (SSSR count). The lowest BCUT2D eigenvalue weighted by atomic mass is 10.1. The van der Waals surface area contributed by atoms with Crippen LogP contribution in [0.15, 0.2) is 41.4 Å². The Hall–Kier alpha value is -2.29. The first-order chi connectivity index (χ1) is 9.61. The number of aryl methyl sites for hydroxylation is 2. The molecule has 0 saturated carbocycles. The predicted octanol–water partition coefficient (Wildman–Crippen LogP) is 4.16. The van der Waals surface area contributed by atoms with Crippen molar-refractivity contribution >= 4 is 11.9 Å². The molecule has 0 aliphatic heterocycles. The lowest BCUT2D eigenvalue weighted by molar-refractivity contribution is 0.318. The number of hydrogen-bond acceptors (Lipinski definition) is 3. The maximum atomic E-state index is 10.1. The van der Waals surface area contributed by atoms with Gasteiger partial charge >= 0.3 is 0 Å². The number of aliphatic imine (C=N–C) groups is 1. The fourth-order valence-corrected chi connectivity index (χ4v) is 1.87. The van der Waals surface area contributed by atoms with Crippen molar-refractivity contribution in [3.8, 4) is 11.5 Å². The Balaban J connectivity index is 2.27. The van der Waals surface area contributed by atoms with Gasteiger partial charge in [0.2, 0.25) is 0 Å². The van der Waals surface area contributed by atoms with Crippen molar-refractivity contribution in [1.29, 1.82) is 0 Å². The van der Waals surface area contributed by atoms with Crippen molar-refractivity contribution in [1.82, 2.24) is 0 Å². The van der Waals surface area contributed by atoms with Gasteiger partial charge < -0.3 is 9.84 Å². The van der Waals surface area contributed by atoms with Gasteiger partial charge in [0.15, 0.2) is 11.5 Å². The van der Waals surface area contributed by atoms with E-state index in [1.54, 1.807) is 12.3 Å². The second-order valence-corrected chi connectivity index (χ2v) is 4.65. The highest BCUT2D eigenvalue weighted by atomic mass is 16.5. The number of hydrogen-bond donors (Lipinski definition) is 1. The van der Waals surface area contributed by atoms with Crippen molar-refractivity contribution in [2.24, 2.45) is 4.99 Å². The summed E-state index contributed by atoms with van der Waals surface area (Å²) in [5, 5.41) is 10.1. The van der Waals surface area contributed by atoms with E-state index in [2.05, 4.69) is 18.8 Å². The number of ether oxygens (including phenoxy) is 1. The summed E-state index contributed by atoms with van der Waals surface area (Å²) in [5.74, 6) is 0.610. The second-order valence-electron chi connectivity index (χ2n) is 4.65. The smallest absolute Gasteiger partial charge is 0.166 e. The minimum absolute atomic E-state index is 0.127. The molecule has 2 aromatic carbocycles. The van der Waals surface area contributed by atoms with Crippen LogP contribution in [0, 0.1) is 13.8 Å². The molecule has 0 heterocycles. The summed E-state index contributed by atoms with van der Waals surface area (Å²) in [5.41, 5.74) is 3.96. The molecule has 0 bridgehead atoms.